The molecule has 0 spiro atoms. The summed E-state index contributed by atoms with van der Waals surface area (Å²) in [7, 11) is 0. The summed E-state index contributed by atoms with van der Waals surface area (Å²) >= 11 is 0. The molecule has 1 fully saturated rings. The van der Waals surface area contributed by atoms with Crippen LogP contribution < -0.4 is 5.73 Å². The van der Waals surface area contributed by atoms with E-state index in [0.29, 0.717) is 12.6 Å². The molecular formula is C13H23N3. The first-order valence-electron chi connectivity index (χ1n) is 6.44. The van der Waals surface area contributed by atoms with Crippen molar-refractivity contribution in [1.82, 2.24) is 9.55 Å². The minimum Gasteiger partial charge on any atom is -0.330 e. The number of hydrogen-bond donors (Lipinski definition) is 1. The molecule has 0 radical (unpaired) electrons. The van der Waals surface area contributed by atoms with Gasteiger partial charge in [0.2, 0.25) is 0 Å². The van der Waals surface area contributed by atoms with Gasteiger partial charge in [-0.25, -0.2) is 4.98 Å². The van der Waals surface area contributed by atoms with Gasteiger partial charge in [-0.2, -0.15) is 0 Å². The van der Waals surface area contributed by atoms with E-state index in [0.717, 1.165) is 11.8 Å². The van der Waals surface area contributed by atoms with Gasteiger partial charge in [0.1, 0.15) is 0 Å². The molecule has 0 aromatic carbocycles. The van der Waals surface area contributed by atoms with Crippen molar-refractivity contribution in [2.24, 2.45) is 17.6 Å². The summed E-state index contributed by atoms with van der Waals surface area (Å²) in [5.41, 5.74) is 6.94. The third-order valence-electron chi connectivity index (χ3n) is 3.95. The molecular weight excluding hydrogens is 198 g/mol. The lowest BCUT2D eigenvalue weighted by Crippen LogP contribution is -2.28. The van der Waals surface area contributed by atoms with E-state index >= 15 is 0 Å². The molecule has 0 aliphatic heterocycles. The fraction of sp³-hybridized carbons (Fsp3) is 0.769. The predicted octanol–water partition coefficient (Wildman–Crippen LogP) is 2.73. The summed E-state index contributed by atoms with van der Waals surface area (Å²) in [6.07, 6.45) is 9.23. The van der Waals surface area contributed by atoms with Crippen LogP contribution in [0.4, 0.5) is 0 Å². The van der Waals surface area contributed by atoms with Crippen molar-refractivity contribution in [3.05, 3.63) is 18.2 Å². The molecule has 0 amide bonds. The van der Waals surface area contributed by atoms with E-state index in [1.807, 2.05) is 12.5 Å². The van der Waals surface area contributed by atoms with Gasteiger partial charge in [-0.15, -0.1) is 0 Å². The molecule has 2 rings (SSSR count). The third kappa shape index (κ3) is 2.14. The second-order valence-corrected chi connectivity index (χ2v) is 5.26. The highest BCUT2D eigenvalue weighted by Gasteiger charge is 2.29. The van der Waals surface area contributed by atoms with Crippen molar-refractivity contribution in [2.75, 3.05) is 0 Å². The average Bonchev–Trinajstić information content (AvgIpc) is 2.76. The average molecular weight is 221 g/mol. The van der Waals surface area contributed by atoms with Crippen molar-refractivity contribution >= 4 is 0 Å². The molecule has 1 aliphatic rings. The van der Waals surface area contributed by atoms with Crippen molar-refractivity contribution in [2.45, 2.75) is 52.1 Å². The monoisotopic (exact) mass is 221 g/mol. The molecule has 2 unspecified atom stereocenters. The minimum absolute atomic E-state index is 0.599. The van der Waals surface area contributed by atoms with Gasteiger partial charge in [-0.05, 0) is 24.7 Å². The molecule has 90 valence electrons. The van der Waals surface area contributed by atoms with Crippen molar-refractivity contribution in [1.29, 1.82) is 0 Å². The molecule has 16 heavy (non-hydrogen) atoms. The molecule has 2 N–H and O–H groups in total. The van der Waals surface area contributed by atoms with Gasteiger partial charge in [0, 0.05) is 18.8 Å². The largest absolute Gasteiger partial charge is 0.330 e. The van der Waals surface area contributed by atoms with Crippen LogP contribution in [-0.2, 0) is 6.54 Å². The van der Waals surface area contributed by atoms with Crippen LogP contribution in [0.2, 0.25) is 0 Å². The minimum atomic E-state index is 0.599. The van der Waals surface area contributed by atoms with Gasteiger partial charge >= 0.3 is 0 Å². The second-order valence-electron chi connectivity index (χ2n) is 5.26. The number of nitrogens with two attached hydrogens (primary N) is 1. The Morgan fingerprint density at radius 1 is 1.44 bits per heavy atom. The molecule has 1 saturated carbocycles. The Balaban J connectivity index is 2.23. The molecule has 3 nitrogen and oxygen atoms in total. The standard InChI is InChI=1S/C13H23N3/c1-10(2)12-5-3-4-6-13(12)16-9-15-8-11(16)7-14/h8-10,12-13H,3-7,14H2,1-2H3. The van der Waals surface area contributed by atoms with Gasteiger partial charge in [0.05, 0.1) is 12.0 Å². The molecule has 1 aliphatic carbocycles. The lowest BCUT2D eigenvalue weighted by molar-refractivity contribution is 0.181. The molecule has 3 heteroatoms. The number of nitrogens with zero attached hydrogens (tertiary/aromatic N) is 2. The summed E-state index contributed by atoms with van der Waals surface area (Å²) in [5.74, 6) is 1.53. The SMILES string of the molecule is CC(C)C1CCCCC1n1cncc1CN. The van der Waals surface area contributed by atoms with Crippen molar-refractivity contribution in [3.8, 4) is 0 Å². The Hall–Kier alpha value is -0.830. The van der Waals surface area contributed by atoms with Gasteiger partial charge in [0.15, 0.2) is 0 Å². The summed E-state index contributed by atoms with van der Waals surface area (Å²) in [5, 5.41) is 0. The Kier molecular flexibility index (Phi) is 3.64. The Bertz CT molecular complexity index is 330. The summed E-state index contributed by atoms with van der Waals surface area (Å²) in [6.45, 7) is 5.27. The number of rotatable bonds is 3. The molecule has 0 bridgehead atoms. The van der Waals surface area contributed by atoms with Gasteiger partial charge in [-0.1, -0.05) is 26.7 Å². The van der Waals surface area contributed by atoms with E-state index in [9.17, 15) is 0 Å². The highest BCUT2D eigenvalue weighted by atomic mass is 15.1. The van der Waals surface area contributed by atoms with Crippen LogP contribution in [-0.4, -0.2) is 9.55 Å². The maximum absolute atomic E-state index is 5.76. The number of aromatic nitrogens is 2. The smallest absolute Gasteiger partial charge is 0.0951 e. The van der Waals surface area contributed by atoms with E-state index in [4.69, 9.17) is 5.73 Å². The maximum atomic E-state index is 5.76. The first kappa shape index (κ1) is 11.6. The van der Waals surface area contributed by atoms with Gasteiger partial charge in [-0.3, -0.25) is 0 Å². The number of hydrogen-bond acceptors (Lipinski definition) is 2. The van der Waals surface area contributed by atoms with E-state index in [2.05, 4.69) is 23.4 Å². The summed E-state index contributed by atoms with van der Waals surface area (Å²) in [4.78, 5) is 4.24. The quantitative estimate of drug-likeness (QED) is 0.853. The number of imidazole rings is 1. The van der Waals surface area contributed by atoms with E-state index in [1.54, 1.807) is 0 Å². The van der Waals surface area contributed by atoms with Crippen LogP contribution in [0, 0.1) is 11.8 Å². The van der Waals surface area contributed by atoms with Crippen LogP contribution in [0.5, 0.6) is 0 Å². The van der Waals surface area contributed by atoms with Crippen LogP contribution in [0.25, 0.3) is 0 Å². The van der Waals surface area contributed by atoms with E-state index < -0.39 is 0 Å². The highest BCUT2D eigenvalue weighted by Crippen LogP contribution is 2.38. The van der Waals surface area contributed by atoms with Gasteiger partial charge in [0.25, 0.3) is 0 Å². The Morgan fingerprint density at radius 3 is 2.88 bits per heavy atom. The zero-order chi connectivity index (χ0) is 11.5. The Labute approximate surface area is 98.1 Å². The Morgan fingerprint density at radius 2 is 2.19 bits per heavy atom. The fourth-order valence-corrected chi connectivity index (χ4v) is 3.05. The first-order chi connectivity index (χ1) is 7.74. The lowest BCUT2D eigenvalue weighted by Gasteiger charge is -2.36. The molecule has 1 heterocycles. The summed E-state index contributed by atoms with van der Waals surface area (Å²) in [6, 6.07) is 0.620. The predicted molar refractivity (Wildman–Crippen MR) is 66.0 cm³/mol. The van der Waals surface area contributed by atoms with Gasteiger partial charge < -0.3 is 10.3 Å². The van der Waals surface area contributed by atoms with Crippen LogP contribution >= 0.6 is 0 Å². The highest BCUT2D eigenvalue weighted by molar-refractivity contribution is 5.01. The van der Waals surface area contributed by atoms with Crippen LogP contribution in [0.3, 0.4) is 0 Å². The first-order valence-corrected chi connectivity index (χ1v) is 6.44. The second kappa shape index (κ2) is 5.00. The van der Waals surface area contributed by atoms with Crippen molar-refractivity contribution in [3.63, 3.8) is 0 Å². The topological polar surface area (TPSA) is 43.8 Å². The fourth-order valence-electron chi connectivity index (χ4n) is 3.05. The summed E-state index contributed by atoms with van der Waals surface area (Å²) < 4.78 is 2.32. The maximum Gasteiger partial charge on any atom is 0.0951 e. The van der Waals surface area contributed by atoms with E-state index in [-0.39, 0.29) is 0 Å². The molecule has 2 atom stereocenters. The normalized spacial score (nSPS) is 26.2. The molecule has 1 aromatic heterocycles. The molecule has 0 saturated heterocycles. The lowest BCUT2D eigenvalue weighted by atomic mass is 9.77. The van der Waals surface area contributed by atoms with Crippen molar-refractivity contribution < 1.29 is 0 Å². The third-order valence-corrected chi connectivity index (χ3v) is 3.95. The van der Waals surface area contributed by atoms with Crippen LogP contribution in [0.15, 0.2) is 12.5 Å². The van der Waals surface area contributed by atoms with E-state index in [1.165, 1.54) is 31.4 Å². The zero-order valence-electron chi connectivity index (χ0n) is 10.4. The van der Waals surface area contributed by atoms with Crippen LogP contribution in [0.1, 0.15) is 51.3 Å². The molecule has 1 aromatic rings. The zero-order valence-corrected chi connectivity index (χ0v) is 10.4.